The molecular weight excluding hydrogens is 275 g/mol. The van der Waals surface area contributed by atoms with Gasteiger partial charge in [0.05, 0.1) is 5.41 Å². The van der Waals surface area contributed by atoms with E-state index in [0.717, 1.165) is 12.1 Å². The number of carbonyl (C=O) groups is 1. The maximum Gasteiger partial charge on any atom is 0.573 e. The minimum atomic E-state index is -4.74. The first-order valence-corrected chi connectivity index (χ1v) is 6.00. The van der Waals surface area contributed by atoms with Gasteiger partial charge in [-0.1, -0.05) is 19.1 Å². The molecule has 0 aromatic heterocycles. The molecule has 1 rings (SSSR count). The maximum absolute atomic E-state index is 12.0. The number of alkyl halides is 3. The van der Waals surface area contributed by atoms with Crippen LogP contribution in [0, 0.1) is 5.41 Å². The predicted octanol–water partition coefficient (Wildman–Crippen LogP) is 2.57. The van der Waals surface area contributed by atoms with Gasteiger partial charge in [-0.15, -0.1) is 13.2 Å². The maximum atomic E-state index is 12.0. The van der Waals surface area contributed by atoms with Crippen LogP contribution >= 0.6 is 0 Å². The van der Waals surface area contributed by atoms with Crippen molar-refractivity contribution in [3.63, 3.8) is 0 Å². The van der Waals surface area contributed by atoms with E-state index in [1.165, 1.54) is 12.1 Å². The lowest BCUT2D eigenvalue weighted by Gasteiger charge is -2.26. The normalized spacial score (nSPS) is 14.7. The highest BCUT2D eigenvalue weighted by atomic mass is 19.4. The molecule has 0 aliphatic heterocycles. The second-order valence-electron chi connectivity index (χ2n) is 4.51. The standard InChI is InChI=1S/C13H16F3NO3/c1-2-12(8-17,11(18)19)7-9-3-5-10(6-4-9)20-13(14,15)16/h3-6H,2,7-8,17H2,1H3,(H,18,19). The molecule has 0 fully saturated rings. The number of carboxylic acid groups (broad SMARTS) is 1. The summed E-state index contributed by atoms with van der Waals surface area (Å²) < 4.78 is 39.8. The Bertz CT molecular complexity index is 453. The van der Waals surface area contributed by atoms with Crippen molar-refractivity contribution in [2.24, 2.45) is 11.1 Å². The quantitative estimate of drug-likeness (QED) is 0.845. The Morgan fingerprint density at radius 3 is 2.20 bits per heavy atom. The molecule has 0 spiro atoms. The lowest BCUT2D eigenvalue weighted by atomic mass is 9.79. The third-order valence-corrected chi connectivity index (χ3v) is 3.22. The number of hydrogen-bond donors (Lipinski definition) is 2. The molecule has 1 unspecified atom stereocenters. The van der Waals surface area contributed by atoms with E-state index in [2.05, 4.69) is 4.74 Å². The smallest absolute Gasteiger partial charge is 0.481 e. The van der Waals surface area contributed by atoms with Crippen LogP contribution in [0.1, 0.15) is 18.9 Å². The zero-order chi connectivity index (χ0) is 15.4. The Morgan fingerprint density at radius 2 is 1.85 bits per heavy atom. The van der Waals surface area contributed by atoms with Crippen LogP contribution in [0.3, 0.4) is 0 Å². The van der Waals surface area contributed by atoms with E-state index in [1.54, 1.807) is 6.92 Å². The molecule has 1 aromatic carbocycles. The van der Waals surface area contributed by atoms with Crippen LogP contribution in [0.2, 0.25) is 0 Å². The van der Waals surface area contributed by atoms with Crippen molar-refractivity contribution in [3.05, 3.63) is 29.8 Å². The van der Waals surface area contributed by atoms with Gasteiger partial charge in [0.1, 0.15) is 5.75 Å². The highest BCUT2D eigenvalue weighted by Gasteiger charge is 2.35. The third kappa shape index (κ3) is 4.12. The van der Waals surface area contributed by atoms with Crippen LogP contribution < -0.4 is 10.5 Å². The molecule has 0 saturated heterocycles. The summed E-state index contributed by atoms with van der Waals surface area (Å²) in [5.41, 5.74) is 5.01. The summed E-state index contributed by atoms with van der Waals surface area (Å²) >= 11 is 0. The first kappa shape index (κ1) is 16.3. The van der Waals surface area contributed by atoms with E-state index < -0.39 is 17.7 Å². The van der Waals surface area contributed by atoms with Crippen molar-refractivity contribution in [1.82, 2.24) is 0 Å². The molecule has 0 aliphatic carbocycles. The molecule has 0 amide bonds. The van der Waals surface area contributed by atoms with Crippen molar-refractivity contribution < 1.29 is 27.8 Å². The van der Waals surface area contributed by atoms with Gasteiger partial charge in [-0.05, 0) is 30.5 Å². The first-order chi connectivity index (χ1) is 9.22. The van der Waals surface area contributed by atoms with Crippen LogP contribution in [0.15, 0.2) is 24.3 Å². The topological polar surface area (TPSA) is 72.5 Å². The Morgan fingerprint density at radius 1 is 1.30 bits per heavy atom. The van der Waals surface area contributed by atoms with Gasteiger partial charge in [0.2, 0.25) is 0 Å². The Kier molecular flexibility index (Phi) is 4.99. The van der Waals surface area contributed by atoms with E-state index in [1.807, 2.05) is 0 Å². The van der Waals surface area contributed by atoms with Crippen molar-refractivity contribution in [2.75, 3.05) is 6.54 Å². The Balaban J connectivity index is 2.86. The number of aliphatic carboxylic acids is 1. The number of halogens is 3. The molecular formula is C13H16F3NO3. The summed E-state index contributed by atoms with van der Waals surface area (Å²) in [4.78, 5) is 11.3. The molecule has 1 atom stereocenters. The molecule has 0 saturated carbocycles. The highest BCUT2D eigenvalue weighted by molar-refractivity contribution is 5.75. The van der Waals surface area contributed by atoms with Crippen molar-refractivity contribution in [1.29, 1.82) is 0 Å². The Hall–Kier alpha value is -1.76. The molecule has 0 aliphatic rings. The summed E-state index contributed by atoms with van der Waals surface area (Å²) in [5.74, 6) is -1.36. The molecule has 1 aromatic rings. The fourth-order valence-electron chi connectivity index (χ4n) is 1.86. The van der Waals surface area contributed by atoms with Crippen LogP contribution in [0.5, 0.6) is 5.75 Å². The fraction of sp³-hybridized carbons (Fsp3) is 0.462. The van der Waals surface area contributed by atoms with Gasteiger partial charge in [0.15, 0.2) is 0 Å². The van der Waals surface area contributed by atoms with Gasteiger partial charge >= 0.3 is 12.3 Å². The summed E-state index contributed by atoms with van der Waals surface area (Å²) in [6.45, 7) is 1.67. The molecule has 4 nitrogen and oxygen atoms in total. The van der Waals surface area contributed by atoms with Crippen LogP contribution in [-0.4, -0.2) is 24.0 Å². The van der Waals surface area contributed by atoms with Crippen LogP contribution in [-0.2, 0) is 11.2 Å². The van der Waals surface area contributed by atoms with Gasteiger partial charge < -0.3 is 15.6 Å². The molecule has 112 valence electrons. The lowest BCUT2D eigenvalue weighted by Crippen LogP contribution is -2.40. The van der Waals surface area contributed by atoms with Gasteiger partial charge in [0, 0.05) is 6.54 Å². The summed E-state index contributed by atoms with van der Waals surface area (Å²) in [6, 6.07) is 5.12. The van der Waals surface area contributed by atoms with Crippen molar-refractivity contribution >= 4 is 5.97 Å². The molecule has 0 heterocycles. The van der Waals surface area contributed by atoms with Gasteiger partial charge in [-0.25, -0.2) is 0 Å². The number of rotatable bonds is 6. The zero-order valence-corrected chi connectivity index (χ0v) is 10.9. The summed E-state index contributed by atoms with van der Waals surface area (Å²) in [7, 11) is 0. The number of ether oxygens (including phenoxy) is 1. The molecule has 3 N–H and O–H groups in total. The number of carboxylic acids is 1. The fourth-order valence-corrected chi connectivity index (χ4v) is 1.86. The van der Waals surface area contributed by atoms with Gasteiger partial charge in [-0.3, -0.25) is 4.79 Å². The average Bonchev–Trinajstić information content (AvgIpc) is 2.36. The largest absolute Gasteiger partial charge is 0.573 e. The van der Waals surface area contributed by atoms with Crippen molar-refractivity contribution in [3.8, 4) is 5.75 Å². The molecule has 7 heteroatoms. The second kappa shape index (κ2) is 6.13. The van der Waals surface area contributed by atoms with Gasteiger partial charge in [-0.2, -0.15) is 0 Å². The minimum Gasteiger partial charge on any atom is -0.481 e. The SMILES string of the molecule is CCC(CN)(Cc1ccc(OC(F)(F)F)cc1)C(=O)O. The van der Waals surface area contributed by atoms with E-state index in [-0.39, 0.29) is 18.7 Å². The highest BCUT2D eigenvalue weighted by Crippen LogP contribution is 2.28. The van der Waals surface area contributed by atoms with E-state index in [9.17, 15) is 23.1 Å². The Labute approximate surface area is 114 Å². The minimum absolute atomic E-state index is 0.0420. The molecule has 20 heavy (non-hydrogen) atoms. The number of hydrogen-bond acceptors (Lipinski definition) is 3. The number of nitrogens with two attached hydrogens (primary N) is 1. The summed E-state index contributed by atoms with van der Waals surface area (Å²) in [6.07, 6.45) is -4.26. The second-order valence-corrected chi connectivity index (χ2v) is 4.51. The lowest BCUT2D eigenvalue weighted by molar-refractivity contribution is -0.274. The van der Waals surface area contributed by atoms with Crippen LogP contribution in [0.25, 0.3) is 0 Å². The van der Waals surface area contributed by atoms with E-state index in [0.29, 0.717) is 12.0 Å². The van der Waals surface area contributed by atoms with Gasteiger partial charge in [0.25, 0.3) is 0 Å². The average molecular weight is 291 g/mol. The van der Waals surface area contributed by atoms with Crippen molar-refractivity contribution in [2.45, 2.75) is 26.1 Å². The molecule has 0 radical (unpaired) electrons. The summed E-state index contributed by atoms with van der Waals surface area (Å²) in [5, 5.41) is 9.24. The monoisotopic (exact) mass is 291 g/mol. The van der Waals surface area contributed by atoms with E-state index in [4.69, 9.17) is 5.73 Å². The zero-order valence-electron chi connectivity index (χ0n) is 10.9. The molecule has 0 bridgehead atoms. The third-order valence-electron chi connectivity index (χ3n) is 3.22. The first-order valence-electron chi connectivity index (χ1n) is 6.00. The predicted molar refractivity (Wildman–Crippen MR) is 66.2 cm³/mol. The van der Waals surface area contributed by atoms with E-state index >= 15 is 0 Å². The number of benzene rings is 1. The van der Waals surface area contributed by atoms with Crippen LogP contribution in [0.4, 0.5) is 13.2 Å².